The Morgan fingerprint density at radius 1 is 1.56 bits per heavy atom. The van der Waals surface area contributed by atoms with E-state index in [1.165, 1.54) is 0 Å². The number of hydrogen-bond donors (Lipinski definition) is 1. The number of aliphatic carboxylic acids is 1. The van der Waals surface area contributed by atoms with Crippen LogP contribution >= 0.6 is 0 Å². The summed E-state index contributed by atoms with van der Waals surface area (Å²) in [4.78, 5) is 10.9. The molecule has 0 aromatic carbocycles. The van der Waals surface area contributed by atoms with Gasteiger partial charge in [0.25, 0.3) is 0 Å². The Hall–Kier alpha value is -1.32. The van der Waals surface area contributed by atoms with Gasteiger partial charge < -0.3 is 5.11 Å². The summed E-state index contributed by atoms with van der Waals surface area (Å²) in [5.41, 5.74) is 2.12. The maximum Gasteiger partial charge on any atom is 0.306 e. The minimum Gasteiger partial charge on any atom is -0.481 e. The first-order valence-corrected chi connectivity index (χ1v) is 5.71. The SMILES string of the molecule is CCn1nc(C)cc1CC(C)C(C)C(=O)O. The van der Waals surface area contributed by atoms with Crippen LogP contribution in [0.25, 0.3) is 0 Å². The summed E-state index contributed by atoms with van der Waals surface area (Å²) in [6.45, 7) is 8.56. The molecule has 4 heteroatoms. The molecule has 1 aromatic rings. The van der Waals surface area contributed by atoms with Gasteiger partial charge in [-0.1, -0.05) is 13.8 Å². The Bertz CT molecular complexity index is 371. The summed E-state index contributed by atoms with van der Waals surface area (Å²) < 4.78 is 1.94. The Labute approximate surface area is 96.3 Å². The van der Waals surface area contributed by atoms with E-state index in [1.54, 1.807) is 6.92 Å². The number of nitrogens with zero attached hydrogens (tertiary/aromatic N) is 2. The number of hydrogen-bond acceptors (Lipinski definition) is 2. The van der Waals surface area contributed by atoms with Crippen molar-refractivity contribution in [1.29, 1.82) is 0 Å². The summed E-state index contributed by atoms with van der Waals surface area (Å²) in [6.07, 6.45) is 0.766. The lowest BCUT2D eigenvalue weighted by Gasteiger charge is -2.16. The second-order valence-corrected chi connectivity index (χ2v) is 4.40. The van der Waals surface area contributed by atoms with Gasteiger partial charge >= 0.3 is 5.97 Å². The van der Waals surface area contributed by atoms with E-state index in [0.29, 0.717) is 0 Å². The van der Waals surface area contributed by atoms with Crippen LogP contribution in [0.3, 0.4) is 0 Å². The van der Waals surface area contributed by atoms with Gasteiger partial charge in [-0.3, -0.25) is 9.48 Å². The van der Waals surface area contributed by atoms with Gasteiger partial charge in [-0.25, -0.2) is 0 Å². The molecule has 1 N–H and O–H groups in total. The fourth-order valence-electron chi connectivity index (χ4n) is 1.79. The minimum absolute atomic E-state index is 0.124. The third kappa shape index (κ3) is 2.84. The van der Waals surface area contributed by atoms with Crippen LogP contribution in [0.5, 0.6) is 0 Å². The molecule has 0 aliphatic rings. The molecule has 4 nitrogen and oxygen atoms in total. The van der Waals surface area contributed by atoms with Crippen molar-refractivity contribution >= 4 is 5.97 Å². The van der Waals surface area contributed by atoms with Crippen LogP contribution in [0, 0.1) is 18.8 Å². The molecule has 2 atom stereocenters. The van der Waals surface area contributed by atoms with E-state index in [2.05, 4.69) is 5.10 Å². The summed E-state index contributed by atoms with van der Waals surface area (Å²) in [5, 5.41) is 13.3. The number of aromatic nitrogens is 2. The lowest BCUT2D eigenvalue weighted by atomic mass is 9.91. The standard InChI is InChI=1S/C12H20N2O2/c1-5-14-11(7-9(3)13-14)6-8(2)10(4)12(15)16/h7-8,10H,5-6H2,1-4H3,(H,15,16). The third-order valence-electron chi connectivity index (χ3n) is 3.06. The smallest absolute Gasteiger partial charge is 0.306 e. The number of carboxylic acid groups (broad SMARTS) is 1. The molecule has 0 amide bonds. The van der Waals surface area contributed by atoms with E-state index < -0.39 is 5.97 Å². The zero-order valence-electron chi connectivity index (χ0n) is 10.4. The molecule has 0 saturated heterocycles. The average Bonchev–Trinajstić information content (AvgIpc) is 2.57. The monoisotopic (exact) mass is 224 g/mol. The highest BCUT2D eigenvalue weighted by Gasteiger charge is 2.21. The van der Waals surface area contributed by atoms with Crippen molar-refractivity contribution in [2.45, 2.75) is 40.7 Å². The number of rotatable bonds is 5. The van der Waals surface area contributed by atoms with Crippen molar-refractivity contribution in [3.63, 3.8) is 0 Å². The molecule has 0 aliphatic heterocycles. The van der Waals surface area contributed by atoms with Gasteiger partial charge in [0.2, 0.25) is 0 Å². The van der Waals surface area contributed by atoms with E-state index >= 15 is 0 Å². The molecule has 0 aliphatic carbocycles. The molecule has 1 heterocycles. The first-order valence-electron chi connectivity index (χ1n) is 5.71. The van der Waals surface area contributed by atoms with Gasteiger partial charge in [-0.15, -0.1) is 0 Å². The van der Waals surface area contributed by atoms with Gasteiger partial charge in [0.05, 0.1) is 11.6 Å². The van der Waals surface area contributed by atoms with Gasteiger partial charge in [0, 0.05) is 12.2 Å². The molecule has 16 heavy (non-hydrogen) atoms. The molecule has 1 rings (SSSR count). The molecule has 1 aromatic heterocycles. The first kappa shape index (κ1) is 12.7. The van der Waals surface area contributed by atoms with Crippen LogP contribution in [0.15, 0.2) is 6.07 Å². The van der Waals surface area contributed by atoms with Crippen molar-refractivity contribution in [1.82, 2.24) is 9.78 Å². The van der Waals surface area contributed by atoms with Crippen LogP contribution in [0.1, 0.15) is 32.2 Å². The second-order valence-electron chi connectivity index (χ2n) is 4.40. The van der Waals surface area contributed by atoms with Crippen molar-refractivity contribution in [3.8, 4) is 0 Å². The maximum atomic E-state index is 10.9. The molecule has 0 bridgehead atoms. The summed E-state index contributed by atoms with van der Waals surface area (Å²) in [7, 11) is 0. The Morgan fingerprint density at radius 3 is 2.69 bits per heavy atom. The van der Waals surface area contributed by atoms with Crippen LogP contribution in [-0.2, 0) is 17.8 Å². The highest BCUT2D eigenvalue weighted by molar-refractivity contribution is 5.69. The van der Waals surface area contributed by atoms with Crippen molar-refractivity contribution < 1.29 is 9.90 Å². The van der Waals surface area contributed by atoms with Crippen LogP contribution in [0.2, 0.25) is 0 Å². The molecule has 2 unspecified atom stereocenters. The van der Waals surface area contributed by atoms with Crippen molar-refractivity contribution in [3.05, 3.63) is 17.5 Å². The summed E-state index contributed by atoms with van der Waals surface area (Å²) in [6, 6.07) is 2.04. The topological polar surface area (TPSA) is 55.1 Å². The quantitative estimate of drug-likeness (QED) is 0.833. The number of carbonyl (C=O) groups is 1. The zero-order valence-corrected chi connectivity index (χ0v) is 10.4. The van der Waals surface area contributed by atoms with Crippen molar-refractivity contribution in [2.24, 2.45) is 11.8 Å². The van der Waals surface area contributed by atoms with Gasteiger partial charge in [0.15, 0.2) is 0 Å². The lowest BCUT2D eigenvalue weighted by molar-refractivity contribution is -0.142. The van der Waals surface area contributed by atoms with Crippen LogP contribution in [-0.4, -0.2) is 20.9 Å². The van der Waals surface area contributed by atoms with E-state index in [0.717, 1.165) is 24.4 Å². The predicted octanol–water partition coefficient (Wildman–Crippen LogP) is 2.11. The van der Waals surface area contributed by atoms with E-state index in [1.807, 2.05) is 31.5 Å². The Morgan fingerprint density at radius 2 is 2.19 bits per heavy atom. The van der Waals surface area contributed by atoms with Crippen LogP contribution < -0.4 is 0 Å². The number of carboxylic acids is 1. The minimum atomic E-state index is -0.730. The molecule has 0 radical (unpaired) electrons. The largest absolute Gasteiger partial charge is 0.481 e. The maximum absolute atomic E-state index is 10.9. The zero-order chi connectivity index (χ0) is 12.3. The molecule has 0 saturated carbocycles. The average molecular weight is 224 g/mol. The van der Waals surface area contributed by atoms with E-state index in [4.69, 9.17) is 5.11 Å². The lowest BCUT2D eigenvalue weighted by Crippen LogP contribution is -2.21. The number of aryl methyl sites for hydroxylation is 2. The second kappa shape index (κ2) is 5.14. The highest BCUT2D eigenvalue weighted by atomic mass is 16.4. The molecule has 90 valence electrons. The van der Waals surface area contributed by atoms with Crippen LogP contribution in [0.4, 0.5) is 0 Å². The summed E-state index contributed by atoms with van der Waals surface area (Å²) in [5.74, 6) is -0.925. The van der Waals surface area contributed by atoms with E-state index in [9.17, 15) is 4.79 Å². The van der Waals surface area contributed by atoms with Crippen molar-refractivity contribution in [2.75, 3.05) is 0 Å². The molecule has 0 fully saturated rings. The Balaban J connectivity index is 2.75. The summed E-state index contributed by atoms with van der Waals surface area (Å²) >= 11 is 0. The predicted molar refractivity (Wildman–Crippen MR) is 62.3 cm³/mol. The fraction of sp³-hybridized carbons (Fsp3) is 0.667. The Kier molecular flexibility index (Phi) is 4.10. The molecular weight excluding hydrogens is 204 g/mol. The molecular formula is C12H20N2O2. The third-order valence-corrected chi connectivity index (χ3v) is 3.06. The van der Waals surface area contributed by atoms with Gasteiger partial charge in [-0.05, 0) is 32.3 Å². The molecule has 0 spiro atoms. The first-order chi connectivity index (χ1) is 7.45. The normalized spacial score (nSPS) is 14.8. The highest BCUT2D eigenvalue weighted by Crippen LogP contribution is 2.18. The van der Waals surface area contributed by atoms with Gasteiger partial charge in [-0.2, -0.15) is 5.10 Å². The van der Waals surface area contributed by atoms with Gasteiger partial charge in [0.1, 0.15) is 0 Å². The fourth-order valence-corrected chi connectivity index (χ4v) is 1.79. The van der Waals surface area contributed by atoms with E-state index in [-0.39, 0.29) is 11.8 Å².